The van der Waals surface area contributed by atoms with Gasteiger partial charge in [0.15, 0.2) is 12.4 Å². The van der Waals surface area contributed by atoms with Gasteiger partial charge in [0.05, 0.1) is 25.4 Å². The summed E-state index contributed by atoms with van der Waals surface area (Å²) < 4.78 is 17.5. The number of hydrogen-bond donors (Lipinski definition) is 6. The summed E-state index contributed by atoms with van der Waals surface area (Å²) in [5, 5.41) is 56.6. The molecule has 1 amide bonds. The maximum atomic E-state index is 13.3. The van der Waals surface area contributed by atoms with Crippen molar-refractivity contribution in [3.05, 3.63) is 60.8 Å². The number of hydrogen-bond acceptors (Lipinski definition) is 10. The summed E-state index contributed by atoms with van der Waals surface area (Å²) in [6, 6.07) is -1.04. The van der Waals surface area contributed by atoms with Gasteiger partial charge in [0.25, 0.3) is 0 Å². The van der Waals surface area contributed by atoms with Crippen molar-refractivity contribution in [1.82, 2.24) is 5.32 Å². The van der Waals surface area contributed by atoms with Gasteiger partial charge < -0.3 is 45.1 Å². The maximum absolute atomic E-state index is 13.3. The first-order chi connectivity index (χ1) is 32.7. The van der Waals surface area contributed by atoms with E-state index in [0.29, 0.717) is 12.8 Å². The second-order valence-electron chi connectivity index (χ2n) is 18.6. The van der Waals surface area contributed by atoms with Crippen LogP contribution < -0.4 is 5.32 Å². The van der Waals surface area contributed by atoms with E-state index in [4.69, 9.17) is 14.2 Å². The first-order valence-electron chi connectivity index (χ1n) is 27.1. The Morgan fingerprint density at radius 2 is 1.07 bits per heavy atom. The fourth-order valence-corrected chi connectivity index (χ4v) is 8.07. The van der Waals surface area contributed by atoms with Gasteiger partial charge in [-0.05, 0) is 83.5 Å². The van der Waals surface area contributed by atoms with Gasteiger partial charge in [0, 0.05) is 6.42 Å². The van der Waals surface area contributed by atoms with Gasteiger partial charge in [-0.1, -0.05) is 191 Å². The van der Waals surface area contributed by atoms with E-state index in [1.54, 1.807) is 6.08 Å². The second-order valence-corrected chi connectivity index (χ2v) is 18.6. The highest BCUT2D eigenvalue weighted by Crippen LogP contribution is 2.26. The van der Waals surface area contributed by atoms with Crippen LogP contribution in [0.2, 0.25) is 0 Å². The van der Waals surface area contributed by atoms with Crippen molar-refractivity contribution in [3.8, 4) is 0 Å². The third-order valence-electron chi connectivity index (χ3n) is 12.4. The van der Waals surface area contributed by atoms with E-state index >= 15 is 0 Å². The molecular formula is C56H99NO10. The van der Waals surface area contributed by atoms with E-state index in [2.05, 4.69) is 74.7 Å². The highest BCUT2D eigenvalue weighted by atomic mass is 16.7. The van der Waals surface area contributed by atoms with E-state index < -0.39 is 67.4 Å². The molecule has 1 saturated heterocycles. The van der Waals surface area contributed by atoms with Crippen LogP contribution in [0.3, 0.4) is 0 Å². The standard InChI is InChI=1S/C56H99NO10/c1-4-7-10-13-16-19-22-24-26-29-32-35-38-41-44-51(61)67-54-53(63)52(62)50(45-58)66-56(54)65-46-47(48(59)42-39-36-33-30-27-21-18-15-12-9-6-3)57-55(64)49(60)43-40-37-34-31-28-25-23-20-17-14-11-8-5-2/h7,10,16,19,24,26,28,31,39,42,47-50,52-54,56,58-60,62-63H,4-6,8-9,11-15,17-18,20-23,25,27,29-30,32-38,40-41,43-46H2,1-3H3,(H,57,64)/b10-7+,19-16+,26-24+,31-28-,42-39+. The number of aliphatic hydroxyl groups excluding tert-OH is 5. The van der Waals surface area contributed by atoms with E-state index in [9.17, 15) is 35.1 Å². The SMILES string of the molecule is CC/C=C/C/C=C/C/C=C/CCCCCCC(=O)OC1C(OCC(NC(=O)C(O)CCCC/C=C\CCCCCCCCC)C(O)/C=C/CCCCCCCCCCC)OC(CO)C(O)C1O. The van der Waals surface area contributed by atoms with Crippen LogP contribution in [0.5, 0.6) is 0 Å². The zero-order chi connectivity index (χ0) is 49.0. The normalized spacial score (nSPS) is 20.5. The van der Waals surface area contributed by atoms with Gasteiger partial charge in [0.1, 0.15) is 24.4 Å². The summed E-state index contributed by atoms with van der Waals surface area (Å²) in [6.07, 6.45) is 42.7. The van der Waals surface area contributed by atoms with Gasteiger partial charge in [-0.15, -0.1) is 0 Å². The quantitative estimate of drug-likeness (QED) is 0.0196. The van der Waals surface area contributed by atoms with Crippen molar-refractivity contribution >= 4 is 11.9 Å². The van der Waals surface area contributed by atoms with E-state index in [-0.39, 0.29) is 19.4 Å². The van der Waals surface area contributed by atoms with Crippen LogP contribution in [0.25, 0.3) is 0 Å². The van der Waals surface area contributed by atoms with Crippen LogP contribution in [-0.4, -0.2) is 99.6 Å². The Morgan fingerprint density at radius 1 is 0.597 bits per heavy atom. The molecule has 11 nitrogen and oxygen atoms in total. The molecule has 6 N–H and O–H groups in total. The van der Waals surface area contributed by atoms with Gasteiger partial charge in [-0.3, -0.25) is 9.59 Å². The Kier molecular flexibility index (Phi) is 41.5. The molecule has 0 radical (unpaired) electrons. The minimum atomic E-state index is -1.62. The van der Waals surface area contributed by atoms with Crippen molar-refractivity contribution in [1.29, 1.82) is 0 Å². The number of esters is 1. The first-order valence-corrected chi connectivity index (χ1v) is 27.1. The highest BCUT2D eigenvalue weighted by molar-refractivity contribution is 5.80. The summed E-state index contributed by atoms with van der Waals surface area (Å²) in [6.45, 7) is 5.61. The molecule has 1 fully saturated rings. The molecule has 0 bridgehead atoms. The number of aliphatic hydroxyl groups is 5. The summed E-state index contributed by atoms with van der Waals surface area (Å²) in [7, 11) is 0. The number of ether oxygens (including phenoxy) is 3. The largest absolute Gasteiger partial charge is 0.454 e. The van der Waals surface area contributed by atoms with Crippen LogP contribution >= 0.6 is 0 Å². The lowest BCUT2D eigenvalue weighted by Crippen LogP contribution is -2.61. The van der Waals surface area contributed by atoms with E-state index in [1.165, 1.54) is 89.9 Å². The van der Waals surface area contributed by atoms with Gasteiger partial charge in [-0.2, -0.15) is 0 Å². The Hall–Kier alpha value is -2.64. The minimum Gasteiger partial charge on any atom is -0.454 e. The number of carbonyl (C=O) groups excluding carboxylic acids is 2. The fraction of sp³-hybridized carbons (Fsp3) is 0.786. The van der Waals surface area contributed by atoms with Gasteiger partial charge in [-0.25, -0.2) is 0 Å². The molecule has 0 aromatic heterocycles. The van der Waals surface area contributed by atoms with Gasteiger partial charge >= 0.3 is 5.97 Å². The topological polar surface area (TPSA) is 175 Å². The number of unbranched alkanes of at least 4 members (excludes halogenated alkanes) is 22. The minimum absolute atomic E-state index is 0.0944. The molecule has 1 heterocycles. The predicted molar refractivity (Wildman–Crippen MR) is 273 cm³/mol. The lowest BCUT2D eigenvalue weighted by Gasteiger charge is -2.41. The molecule has 11 heteroatoms. The third kappa shape index (κ3) is 33.5. The zero-order valence-electron chi connectivity index (χ0n) is 42.5. The predicted octanol–water partition coefficient (Wildman–Crippen LogP) is 11.5. The van der Waals surface area contributed by atoms with Crippen molar-refractivity contribution in [3.63, 3.8) is 0 Å². The number of nitrogens with one attached hydrogen (secondary N) is 1. The number of carbonyl (C=O) groups is 2. The molecule has 388 valence electrons. The van der Waals surface area contributed by atoms with Crippen molar-refractivity contribution in [2.24, 2.45) is 0 Å². The average molecular weight is 946 g/mol. The number of allylic oxidation sites excluding steroid dienone is 9. The Morgan fingerprint density at radius 3 is 1.63 bits per heavy atom. The molecule has 0 spiro atoms. The smallest absolute Gasteiger partial charge is 0.306 e. The molecule has 1 rings (SSSR count). The van der Waals surface area contributed by atoms with Gasteiger partial charge in [0.2, 0.25) is 5.91 Å². The number of amides is 1. The molecular weight excluding hydrogens is 847 g/mol. The molecule has 1 aliphatic rings. The van der Waals surface area contributed by atoms with Crippen molar-refractivity contribution in [2.75, 3.05) is 13.2 Å². The molecule has 0 aliphatic carbocycles. The molecule has 8 atom stereocenters. The zero-order valence-corrected chi connectivity index (χ0v) is 42.5. The average Bonchev–Trinajstić information content (AvgIpc) is 3.32. The first kappa shape index (κ1) is 62.4. The van der Waals surface area contributed by atoms with Crippen LogP contribution in [0.4, 0.5) is 0 Å². The Labute approximate surface area is 408 Å². The maximum Gasteiger partial charge on any atom is 0.306 e. The molecule has 0 aromatic carbocycles. The summed E-state index contributed by atoms with van der Waals surface area (Å²) in [5.41, 5.74) is 0. The summed E-state index contributed by atoms with van der Waals surface area (Å²) in [4.78, 5) is 26.3. The number of rotatable bonds is 44. The summed E-state index contributed by atoms with van der Waals surface area (Å²) in [5.74, 6) is -1.24. The fourth-order valence-electron chi connectivity index (χ4n) is 8.07. The highest BCUT2D eigenvalue weighted by Gasteiger charge is 2.47. The monoisotopic (exact) mass is 946 g/mol. The molecule has 8 unspecified atom stereocenters. The molecule has 1 aliphatic heterocycles. The molecule has 0 aromatic rings. The van der Waals surface area contributed by atoms with Crippen molar-refractivity contribution < 1.29 is 49.3 Å². The van der Waals surface area contributed by atoms with Crippen LogP contribution in [0.1, 0.15) is 220 Å². The molecule has 0 saturated carbocycles. The molecule has 67 heavy (non-hydrogen) atoms. The second kappa shape index (κ2) is 44.6. The third-order valence-corrected chi connectivity index (χ3v) is 12.4. The Bertz CT molecular complexity index is 1320. The van der Waals surface area contributed by atoms with E-state index in [0.717, 1.165) is 83.5 Å². The summed E-state index contributed by atoms with van der Waals surface area (Å²) >= 11 is 0. The van der Waals surface area contributed by atoms with Crippen LogP contribution in [0.15, 0.2) is 60.8 Å². The van der Waals surface area contributed by atoms with Crippen LogP contribution in [-0.2, 0) is 23.8 Å². The Balaban J connectivity index is 2.79. The van der Waals surface area contributed by atoms with Crippen LogP contribution in [0, 0.1) is 0 Å². The van der Waals surface area contributed by atoms with E-state index in [1.807, 2.05) is 6.08 Å². The lowest BCUT2D eigenvalue weighted by atomic mass is 9.99. The van der Waals surface area contributed by atoms with Crippen molar-refractivity contribution in [2.45, 2.75) is 269 Å². The lowest BCUT2D eigenvalue weighted by molar-refractivity contribution is -0.305.